The first-order valence-electron chi connectivity index (χ1n) is 9.34. The molecule has 0 spiro atoms. The number of nitrogens with one attached hydrogen (secondary N) is 2. The second-order valence-electron chi connectivity index (χ2n) is 7.29. The number of aliphatic imine (C=N–C) groups is 1. The lowest BCUT2D eigenvalue weighted by Gasteiger charge is -2.32. The Labute approximate surface area is 164 Å². The summed E-state index contributed by atoms with van der Waals surface area (Å²) in [4.78, 5) is 4.36. The molecule has 1 saturated carbocycles. The summed E-state index contributed by atoms with van der Waals surface area (Å²) < 4.78 is 11.2. The molecule has 24 heavy (non-hydrogen) atoms. The van der Waals surface area contributed by atoms with E-state index in [1.165, 1.54) is 19.3 Å². The van der Waals surface area contributed by atoms with Gasteiger partial charge in [0.1, 0.15) is 0 Å². The molecule has 0 aromatic carbocycles. The van der Waals surface area contributed by atoms with E-state index in [1.807, 2.05) is 7.05 Å². The van der Waals surface area contributed by atoms with Gasteiger partial charge >= 0.3 is 0 Å². The minimum atomic E-state index is 0. The second kappa shape index (κ2) is 12.3. The molecule has 1 saturated heterocycles. The Morgan fingerprint density at radius 2 is 1.79 bits per heavy atom. The van der Waals surface area contributed by atoms with E-state index in [-0.39, 0.29) is 24.0 Å². The lowest BCUT2D eigenvalue weighted by Crippen LogP contribution is -2.46. The lowest BCUT2D eigenvalue weighted by atomic mass is 9.80. The number of guanidine groups is 1. The van der Waals surface area contributed by atoms with Crippen molar-refractivity contribution in [3.05, 3.63) is 0 Å². The van der Waals surface area contributed by atoms with Crippen molar-refractivity contribution in [2.24, 2.45) is 16.8 Å². The molecule has 6 heteroatoms. The van der Waals surface area contributed by atoms with Gasteiger partial charge in [-0.05, 0) is 50.4 Å². The summed E-state index contributed by atoms with van der Waals surface area (Å²) in [7, 11) is 1.85. The Kier molecular flexibility index (Phi) is 11.3. The Morgan fingerprint density at radius 3 is 2.42 bits per heavy atom. The predicted molar refractivity (Wildman–Crippen MR) is 110 cm³/mol. The summed E-state index contributed by atoms with van der Waals surface area (Å²) in [6.07, 6.45) is 7.33. The highest BCUT2D eigenvalue weighted by Crippen LogP contribution is 2.28. The standard InChI is InChI=1S/C18H35N3O2.HI/c1-14-11-15(2)13-16(12-14)21-18(19-3)20-7-4-8-23-17-5-9-22-10-6-17;/h14-17H,4-13H2,1-3H3,(H2,19,20,21);1H. The molecule has 2 atom stereocenters. The molecule has 5 nitrogen and oxygen atoms in total. The molecule has 142 valence electrons. The SMILES string of the molecule is CN=C(NCCCOC1CCOCC1)NC1CC(C)CC(C)C1.I. The van der Waals surface area contributed by atoms with Gasteiger partial charge in [-0.15, -0.1) is 24.0 Å². The molecule has 0 aromatic heterocycles. The van der Waals surface area contributed by atoms with Gasteiger partial charge in [0.15, 0.2) is 5.96 Å². The maximum absolute atomic E-state index is 5.90. The molecule has 2 N–H and O–H groups in total. The number of rotatable bonds is 6. The summed E-state index contributed by atoms with van der Waals surface area (Å²) in [5.41, 5.74) is 0. The van der Waals surface area contributed by atoms with Crippen LogP contribution in [0.5, 0.6) is 0 Å². The Hall–Kier alpha value is -0.0800. The van der Waals surface area contributed by atoms with E-state index in [0.29, 0.717) is 12.1 Å². The van der Waals surface area contributed by atoms with Crippen LogP contribution < -0.4 is 10.6 Å². The Bertz CT molecular complexity index is 352. The van der Waals surface area contributed by atoms with Crippen LogP contribution in [0.3, 0.4) is 0 Å². The van der Waals surface area contributed by atoms with Gasteiger partial charge in [-0.3, -0.25) is 4.99 Å². The Morgan fingerprint density at radius 1 is 1.12 bits per heavy atom. The maximum Gasteiger partial charge on any atom is 0.191 e. The molecule has 2 fully saturated rings. The van der Waals surface area contributed by atoms with Gasteiger partial charge in [-0.25, -0.2) is 0 Å². The molecule has 1 aliphatic carbocycles. The topological polar surface area (TPSA) is 54.9 Å². The number of hydrogen-bond donors (Lipinski definition) is 2. The van der Waals surface area contributed by atoms with Crippen molar-refractivity contribution in [1.29, 1.82) is 0 Å². The molecule has 1 heterocycles. The zero-order valence-corrected chi connectivity index (χ0v) is 17.9. The average Bonchev–Trinajstić information content (AvgIpc) is 2.53. The van der Waals surface area contributed by atoms with Crippen molar-refractivity contribution in [2.45, 2.75) is 64.5 Å². The van der Waals surface area contributed by atoms with E-state index in [4.69, 9.17) is 9.47 Å². The van der Waals surface area contributed by atoms with E-state index in [9.17, 15) is 0 Å². The smallest absolute Gasteiger partial charge is 0.191 e. The number of hydrogen-bond acceptors (Lipinski definition) is 3. The van der Waals surface area contributed by atoms with Crippen LogP contribution in [0.4, 0.5) is 0 Å². The Balaban J connectivity index is 0.00000288. The van der Waals surface area contributed by atoms with Crippen molar-refractivity contribution >= 4 is 29.9 Å². The van der Waals surface area contributed by atoms with E-state index in [0.717, 1.165) is 63.4 Å². The van der Waals surface area contributed by atoms with Gasteiger partial charge < -0.3 is 20.1 Å². The van der Waals surface area contributed by atoms with Gasteiger partial charge in [0.05, 0.1) is 6.10 Å². The first-order chi connectivity index (χ1) is 11.2. The van der Waals surface area contributed by atoms with Crippen LogP contribution in [0.15, 0.2) is 4.99 Å². The summed E-state index contributed by atoms with van der Waals surface area (Å²) >= 11 is 0. The second-order valence-corrected chi connectivity index (χ2v) is 7.29. The van der Waals surface area contributed by atoms with Gasteiger partial charge in [0.25, 0.3) is 0 Å². The molecule has 2 rings (SSSR count). The predicted octanol–water partition coefficient (Wildman–Crippen LogP) is 3.18. The summed E-state index contributed by atoms with van der Waals surface area (Å²) in [6, 6.07) is 0.554. The quantitative estimate of drug-likeness (QED) is 0.281. The zero-order valence-electron chi connectivity index (χ0n) is 15.6. The number of halogens is 1. The van der Waals surface area contributed by atoms with Crippen molar-refractivity contribution < 1.29 is 9.47 Å². The normalized spacial score (nSPS) is 29.0. The van der Waals surface area contributed by atoms with Crippen LogP contribution in [0.1, 0.15) is 52.4 Å². The lowest BCUT2D eigenvalue weighted by molar-refractivity contribution is -0.0320. The molecular formula is C18H36IN3O2. The van der Waals surface area contributed by atoms with Gasteiger partial charge in [-0.2, -0.15) is 0 Å². The van der Waals surface area contributed by atoms with Crippen LogP contribution in [0.2, 0.25) is 0 Å². The molecular weight excluding hydrogens is 417 g/mol. The fraction of sp³-hybridized carbons (Fsp3) is 0.944. The fourth-order valence-corrected chi connectivity index (χ4v) is 3.82. The summed E-state index contributed by atoms with van der Waals surface area (Å²) in [6.45, 7) is 8.12. The van der Waals surface area contributed by atoms with Crippen LogP contribution in [-0.4, -0.2) is 51.5 Å². The number of nitrogens with zero attached hydrogens (tertiary/aromatic N) is 1. The van der Waals surface area contributed by atoms with E-state index < -0.39 is 0 Å². The number of ether oxygens (including phenoxy) is 2. The molecule has 1 aliphatic heterocycles. The van der Waals surface area contributed by atoms with E-state index in [1.54, 1.807) is 0 Å². The van der Waals surface area contributed by atoms with Crippen LogP contribution in [-0.2, 0) is 9.47 Å². The third kappa shape index (κ3) is 8.34. The largest absolute Gasteiger partial charge is 0.381 e. The molecule has 0 amide bonds. The van der Waals surface area contributed by atoms with Gasteiger partial charge in [0.2, 0.25) is 0 Å². The van der Waals surface area contributed by atoms with Crippen molar-refractivity contribution in [3.63, 3.8) is 0 Å². The van der Waals surface area contributed by atoms with Crippen molar-refractivity contribution in [1.82, 2.24) is 10.6 Å². The fourth-order valence-electron chi connectivity index (χ4n) is 3.82. The van der Waals surface area contributed by atoms with E-state index in [2.05, 4.69) is 29.5 Å². The zero-order chi connectivity index (χ0) is 16.5. The summed E-state index contributed by atoms with van der Waals surface area (Å²) in [5, 5.41) is 7.01. The molecule has 2 unspecified atom stereocenters. The third-order valence-corrected chi connectivity index (χ3v) is 4.88. The van der Waals surface area contributed by atoms with Crippen LogP contribution in [0.25, 0.3) is 0 Å². The molecule has 0 bridgehead atoms. The molecule has 0 aromatic rings. The first-order valence-corrected chi connectivity index (χ1v) is 9.34. The highest BCUT2D eigenvalue weighted by atomic mass is 127. The maximum atomic E-state index is 5.90. The van der Waals surface area contributed by atoms with Crippen LogP contribution >= 0.6 is 24.0 Å². The van der Waals surface area contributed by atoms with E-state index >= 15 is 0 Å². The molecule has 2 aliphatic rings. The highest BCUT2D eigenvalue weighted by Gasteiger charge is 2.24. The van der Waals surface area contributed by atoms with Crippen LogP contribution in [0, 0.1) is 11.8 Å². The third-order valence-electron chi connectivity index (χ3n) is 4.88. The average molecular weight is 453 g/mol. The first kappa shape index (κ1) is 22.0. The van der Waals surface area contributed by atoms with Crippen molar-refractivity contribution in [2.75, 3.05) is 33.4 Å². The highest BCUT2D eigenvalue weighted by molar-refractivity contribution is 14.0. The van der Waals surface area contributed by atoms with Crippen molar-refractivity contribution in [3.8, 4) is 0 Å². The molecule has 0 radical (unpaired) electrons. The minimum absolute atomic E-state index is 0. The van der Waals surface area contributed by atoms with Gasteiger partial charge in [-0.1, -0.05) is 13.8 Å². The van der Waals surface area contributed by atoms with Gasteiger partial charge in [0, 0.05) is 39.5 Å². The monoisotopic (exact) mass is 453 g/mol. The summed E-state index contributed by atoms with van der Waals surface area (Å²) in [5.74, 6) is 2.55. The minimum Gasteiger partial charge on any atom is -0.381 e.